The van der Waals surface area contributed by atoms with Gasteiger partial charge in [0.05, 0.1) is 24.3 Å². The fraction of sp³-hybridized carbons (Fsp3) is 0.458. The van der Waals surface area contributed by atoms with E-state index in [-0.39, 0.29) is 6.61 Å². The predicted octanol–water partition coefficient (Wildman–Crippen LogP) is 5.51. The topological polar surface area (TPSA) is 42.0 Å². The van der Waals surface area contributed by atoms with Crippen LogP contribution in [-0.4, -0.2) is 56.5 Å². The van der Waals surface area contributed by atoms with E-state index in [9.17, 15) is 18.0 Å². The first-order chi connectivity index (χ1) is 15.9. The zero-order valence-corrected chi connectivity index (χ0v) is 20.0. The zero-order valence-electron chi connectivity index (χ0n) is 19.2. The van der Waals surface area contributed by atoms with E-state index in [0.29, 0.717) is 31.0 Å². The lowest BCUT2D eigenvalue weighted by Crippen LogP contribution is -2.40. The summed E-state index contributed by atoms with van der Waals surface area (Å²) in [5.74, 6) is -0.993. The van der Waals surface area contributed by atoms with E-state index in [1.54, 1.807) is 24.3 Å². The third-order valence-electron chi connectivity index (χ3n) is 4.97. The summed E-state index contributed by atoms with van der Waals surface area (Å²) >= 11 is 1.40. The average molecular weight is 485 g/mol. The van der Waals surface area contributed by atoms with Gasteiger partial charge in [-0.3, -0.25) is 4.90 Å². The van der Waals surface area contributed by atoms with E-state index in [0.717, 1.165) is 25.7 Å². The fourth-order valence-corrected chi connectivity index (χ4v) is 3.88. The Morgan fingerprint density at radius 2 is 1.79 bits per heavy atom. The molecule has 0 atom stereocenters. The first kappa shape index (κ1) is 27.0. The molecule has 1 aliphatic heterocycles. The largest absolute Gasteiger partial charge is 0.457 e. The number of halogens is 3. The number of anilines is 1. The smallest absolute Gasteiger partial charge is 0.417 e. The van der Waals surface area contributed by atoms with Crippen LogP contribution in [0.4, 0.5) is 18.9 Å². The molecule has 1 aliphatic rings. The Morgan fingerprint density at radius 1 is 1.12 bits per heavy atom. The summed E-state index contributed by atoms with van der Waals surface area (Å²) in [6.07, 6.45) is -2.80. The molecule has 0 saturated carbocycles. The van der Waals surface area contributed by atoms with Gasteiger partial charge in [0.2, 0.25) is 0 Å². The van der Waals surface area contributed by atoms with Crippen molar-refractivity contribution in [2.24, 2.45) is 0 Å². The molecule has 33 heavy (non-hydrogen) atoms. The predicted molar refractivity (Wildman–Crippen MR) is 126 cm³/mol. The summed E-state index contributed by atoms with van der Waals surface area (Å²) in [6, 6.07) is 12.5. The molecule has 0 aromatic heterocycles. The highest BCUT2D eigenvalue weighted by Gasteiger charge is 2.36. The van der Waals surface area contributed by atoms with Crippen LogP contribution >= 0.6 is 11.9 Å². The van der Waals surface area contributed by atoms with Gasteiger partial charge in [0, 0.05) is 38.1 Å². The first-order valence-electron chi connectivity index (χ1n) is 10.9. The molecule has 2 aromatic carbocycles. The summed E-state index contributed by atoms with van der Waals surface area (Å²) in [5.41, 5.74) is -0.243. The molecule has 0 bridgehead atoms. The van der Waals surface area contributed by atoms with Crippen LogP contribution in [0.3, 0.4) is 0 Å². The number of alkyl halides is 3. The molecule has 1 saturated heterocycles. The molecule has 182 valence electrons. The number of nitrogens with zero attached hydrogens (tertiary/aromatic N) is 2. The molecule has 0 spiro atoms. The van der Waals surface area contributed by atoms with Crippen LogP contribution in [0, 0.1) is 0 Å². The maximum Gasteiger partial charge on any atom is 0.417 e. The van der Waals surface area contributed by atoms with Gasteiger partial charge >= 0.3 is 12.1 Å². The van der Waals surface area contributed by atoms with E-state index in [1.807, 2.05) is 30.5 Å². The van der Waals surface area contributed by atoms with Crippen molar-refractivity contribution in [3.05, 3.63) is 65.2 Å². The van der Waals surface area contributed by atoms with Crippen molar-refractivity contribution in [3.8, 4) is 0 Å². The van der Waals surface area contributed by atoms with Gasteiger partial charge in [-0.15, -0.1) is 0 Å². The van der Waals surface area contributed by atoms with Gasteiger partial charge in [-0.1, -0.05) is 56.1 Å². The Morgan fingerprint density at radius 3 is 2.39 bits per heavy atom. The van der Waals surface area contributed by atoms with Gasteiger partial charge in [-0.2, -0.15) is 13.2 Å². The molecule has 0 unspecified atom stereocenters. The van der Waals surface area contributed by atoms with Crippen LogP contribution in [0.25, 0.3) is 0 Å². The second kappa shape index (κ2) is 13.5. The lowest BCUT2D eigenvalue weighted by atomic mass is 10.1. The maximum absolute atomic E-state index is 13.5. The zero-order chi connectivity index (χ0) is 24.3. The number of carbonyl (C=O) groups is 1. The molecule has 5 nitrogen and oxygen atoms in total. The van der Waals surface area contributed by atoms with E-state index >= 15 is 0 Å². The molecule has 3 rings (SSSR count). The molecular formula is C24H31F3N2O3S. The average Bonchev–Trinajstić information content (AvgIpc) is 2.84. The molecule has 0 aliphatic carbocycles. The van der Waals surface area contributed by atoms with Crippen LogP contribution in [0.15, 0.2) is 48.5 Å². The number of carbonyl (C=O) groups excluding carboxylic acids is 1. The minimum Gasteiger partial charge on any atom is -0.457 e. The fourth-order valence-electron chi connectivity index (χ4n) is 3.29. The van der Waals surface area contributed by atoms with Gasteiger partial charge in [0.25, 0.3) is 0 Å². The van der Waals surface area contributed by atoms with Crippen LogP contribution < -0.4 is 4.31 Å². The van der Waals surface area contributed by atoms with Gasteiger partial charge in [-0.05, 0) is 23.8 Å². The normalized spacial score (nSPS) is 14.2. The van der Waals surface area contributed by atoms with Gasteiger partial charge in [0.15, 0.2) is 0 Å². The summed E-state index contributed by atoms with van der Waals surface area (Å²) in [4.78, 5) is 14.8. The number of hydrogen-bond acceptors (Lipinski definition) is 6. The van der Waals surface area contributed by atoms with E-state index in [2.05, 4.69) is 4.90 Å². The Hall–Kier alpha value is -2.23. The molecule has 1 heterocycles. The van der Waals surface area contributed by atoms with Gasteiger partial charge in [0.1, 0.15) is 6.61 Å². The lowest BCUT2D eigenvalue weighted by Gasteiger charge is -2.30. The highest BCUT2D eigenvalue weighted by atomic mass is 32.2. The molecular weight excluding hydrogens is 453 g/mol. The SMILES string of the molecule is CC.CSN(CCN1CCOCC1)c1ccc(C(F)(F)F)c(C(=O)OCc2ccccc2)c1. The third kappa shape index (κ3) is 8.24. The Balaban J connectivity index is 0.00000187. The second-order valence-electron chi connectivity index (χ2n) is 7.03. The van der Waals surface area contributed by atoms with Crippen molar-refractivity contribution < 1.29 is 27.4 Å². The Bertz CT molecular complexity index is 860. The number of rotatable bonds is 8. The van der Waals surface area contributed by atoms with Crippen LogP contribution in [0.1, 0.15) is 35.3 Å². The molecule has 0 N–H and O–H groups in total. The second-order valence-corrected chi connectivity index (χ2v) is 7.83. The van der Waals surface area contributed by atoms with E-state index in [4.69, 9.17) is 9.47 Å². The minimum atomic E-state index is -4.66. The monoisotopic (exact) mass is 484 g/mol. The lowest BCUT2D eigenvalue weighted by molar-refractivity contribution is -0.138. The molecule has 0 amide bonds. The van der Waals surface area contributed by atoms with Crippen molar-refractivity contribution in [1.29, 1.82) is 0 Å². The van der Waals surface area contributed by atoms with Gasteiger partial charge < -0.3 is 13.8 Å². The number of benzene rings is 2. The Kier molecular flexibility index (Phi) is 11.0. The maximum atomic E-state index is 13.5. The summed E-state index contributed by atoms with van der Waals surface area (Å²) < 4.78 is 53.0. The minimum absolute atomic E-state index is 0.0928. The third-order valence-corrected chi connectivity index (χ3v) is 5.81. The number of ether oxygens (including phenoxy) is 2. The summed E-state index contributed by atoms with van der Waals surface area (Å²) in [5, 5.41) is 0. The highest BCUT2D eigenvalue weighted by Crippen LogP contribution is 2.35. The molecule has 1 fully saturated rings. The first-order valence-corrected chi connectivity index (χ1v) is 12.1. The van der Waals surface area contributed by atoms with Crippen LogP contribution in [0.2, 0.25) is 0 Å². The molecule has 0 radical (unpaired) electrons. The van der Waals surface area contributed by atoms with Crippen LogP contribution in [0.5, 0.6) is 0 Å². The van der Waals surface area contributed by atoms with Crippen molar-refractivity contribution in [3.63, 3.8) is 0 Å². The Labute approximate surface area is 198 Å². The van der Waals surface area contributed by atoms with Gasteiger partial charge in [-0.25, -0.2) is 4.79 Å². The van der Waals surface area contributed by atoms with Crippen molar-refractivity contribution in [1.82, 2.24) is 4.90 Å². The number of morpholine rings is 1. The summed E-state index contributed by atoms with van der Waals surface area (Å²) in [6.45, 7) is 8.26. The van der Waals surface area contributed by atoms with E-state index in [1.165, 1.54) is 24.1 Å². The highest BCUT2D eigenvalue weighted by molar-refractivity contribution is 7.99. The molecule has 2 aromatic rings. The molecule has 9 heteroatoms. The summed E-state index contributed by atoms with van der Waals surface area (Å²) in [7, 11) is 0. The van der Waals surface area contributed by atoms with Crippen LogP contribution in [-0.2, 0) is 22.3 Å². The van der Waals surface area contributed by atoms with Crippen molar-refractivity contribution in [2.75, 3.05) is 50.0 Å². The van der Waals surface area contributed by atoms with Crippen molar-refractivity contribution >= 4 is 23.6 Å². The number of hydrogen-bond donors (Lipinski definition) is 0. The quantitative estimate of drug-likeness (QED) is 0.364. The van der Waals surface area contributed by atoms with E-state index < -0.39 is 23.3 Å². The number of esters is 1. The standard InChI is InChI=1S/C22H25F3N2O3S.C2H6/c1-31-27(10-9-26-11-13-29-14-12-26)18-7-8-20(22(23,24)25)19(15-18)21(28)30-16-17-5-3-2-4-6-17;1-2/h2-8,15H,9-14,16H2,1H3;1-2H3. The van der Waals surface area contributed by atoms with Crippen molar-refractivity contribution in [2.45, 2.75) is 26.6 Å².